The van der Waals surface area contributed by atoms with E-state index in [4.69, 9.17) is 14.2 Å². The Bertz CT molecular complexity index is 962. The van der Waals surface area contributed by atoms with Crippen molar-refractivity contribution >= 4 is 5.69 Å². The Morgan fingerprint density at radius 2 is 1.33 bits per heavy atom. The van der Waals surface area contributed by atoms with Crippen LogP contribution in [0.25, 0.3) is 0 Å². The first-order valence-corrected chi connectivity index (χ1v) is 11.7. The third-order valence-corrected chi connectivity index (χ3v) is 8.15. The molecule has 6 nitrogen and oxygen atoms in total. The van der Waals surface area contributed by atoms with Crippen molar-refractivity contribution in [2.45, 2.75) is 39.3 Å². The topological polar surface area (TPSA) is 54.4 Å². The minimum absolute atomic E-state index is 0.251. The lowest BCUT2D eigenvalue weighted by Gasteiger charge is -2.72. The van der Waals surface area contributed by atoms with Crippen molar-refractivity contribution in [3.8, 4) is 17.2 Å². The van der Waals surface area contributed by atoms with Crippen LogP contribution >= 0.6 is 0 Å². The largest absolute Gasteiger partial charge is 0.497 e. The Kier molecular flexibility index (Phi) is 6.04. The highest BCUT2D eigenvalue weighted by Crippen LogP contribution is 2.68. The van der Waals surface area contributed by atoms with Crippen LogP contribution in [0.3, 0.4) is 0 Å². The molecule has 1 aliphatic heterocycles. The molecule has 0 unspecified atom stereocenters. The summed E-state index contributed by atoms with van der Waals surface area (Å²) in [5.74, 6) is 2.20. The van der Waals surface area contributed by atoms with Crippen LogP contribution in [0, 0.1) is 10.8 Å². The van der Waals surface area contributed by atoms with E-state index in [0.29, 0.717) is 11.5 Å². The highest BCUT2D eigenvalue weighted by Gasteiger charge is 2.73. The maximum absolute atomic E-state index is 12.2. The average molecular weight is 455 g/mol. The molecular weight excluding hydrogens is 416 g/mol. The fraction of sp³-hybridized carbons (Fsp3) is 0.556. The van der Waals surface area contributed by atoms with Crippen LogP contribution < -0.4 is 19.1 Å². The van der Waals surface area contributed by atoms with E-state index in [1.54, 1.807) is 21.3 Å². The van der Waals surface area contributed by atoms with Crippen molar-refractivity contribution in [3.63, 3.8) is 0 Å². The molecule has 1 saturated heterocycles. The molecule has 1 N–H and O–H groups in total. The van der Waals surface area contributed by atoms with E-state index in [0.717, 1.165) is 37.5 Å². The summed E-state index contributed by atoms with van der Waals surface area (Å²) in [6.07, 6.45) is 0. The van der Waals surface area contributed by atoms with E-state index in [9.17, 15) is 5.11 Å². The lowest BCUT2D eigenvalue weighted by molar-refractivity contribution is -0.308. The van der Waals surface area contributed by atoms with Gasteiger partial charge < -0.3 is 24.2 Å². The monoisotopic (exact) mass is 454 g/mol. The van der Waals surface area contributed by atoms with Gasteiger partial charge in [0, 0.05) is 48.7 Å². The summed E-state index contributed by atoms with van der Waals surface area (Å²) < 4.78 is 16.2. The van der Waals surface area contributed by atoms with Crippen molar-refractivity contribution in [2.24, 2.45) is 10.8 Å². The zero-order valence-electron chi connectivity index (χ0n) is 21.0. The highest BCUT2D eigenvalue weighted by atomic mass is 16.5. The molecule has 4 rings (SSSR count). The van der Waals surface area contributed by atoms with Gasteiger partial charge in [0.05, 0.1) is 21.3 Å². The van der Waals surface area contributed by atoms with E-state index in [2.05, 4.69) is 49.6 Å². The first kappa shape index (κ1) is 23.7. The molecule has 2 fully saturated rings. The van der Waals surface area contributed by atoms with Gasteiger partial charge in [0.1, 0.15) is 11.4 Å². The Hall–Kier alpha value is -2.44. The van der Waals surface area contributed by atoms with Crippen LogP contribution in [-0.2, 0) is 5.60 Å². The summed E-state index contributed by atoms with van der Waals surface area (Å²) in [7, 11) is 4.96. The summed E-state index contributed by atoms with van der Waals surface area (Å²) in [6.45, 7) is 12.6. The van der Waals surface area contributed by atoms with Gasteiger partial charge in [-0.25, -0.2) is 0 Å². The molecule has 0 radical (unpaired) electrons. The first-order chi connectivity index (χ1) is 15.6. The van der Waals surface area contributed by atoms with E-state index in [1.807, 2.05) is 30.3 Å². The Balaban J connectivity index is 1.53. The molecule has 33 heavy (non-hydrogen) atoms. The van der Waals surface area contributed by atoms with Crippen LogP contribution in [0.1, 0.15) is 33.3 Å². The number of rotatable bonds is 6. The molecule has 0 bridgehead atoms. The normalized spacial score (nSPS) is 26.4. The molecule has 2 aromatic rings. The molecule has 6 heteroatoms. The minimum atomic E-state index is -0.989. The standard InChI is InChI=1S/C27H38N2O4/c1-25(2)24(29-16-14-28(15-17-29)20-9-11-21(31-5)12-10-20)26(3,4)27(25,30)19-8-13-22(32-6)23(18-19)33-7/h8-13,18,24,30H,14-17H2,1-7H3. The van der Waals surface area contributed by atoms with Crippen molar-refractivity contribution in [1.82, 2.24) is 4.90 Å². The number of nitrogens with zero attached hydrogens (tertiary/aromatic N) is 2. The van der Waals surface area contributed by atoms with Gasteiger partial charge >= 0.3 is 0 Å². The molecule has 0 amide bonds. The molecule has 1 saturated carbocycles. The molecule has 0 spiro atoms. The second kappa shape index (κ2) is 8.41. The summed E-state index contributed by atoms with van der Waals surface area (Å²) in [5.41, 5.74) is 0.446. The van der Waals surface area contributed by atoms with Gasteiger partial charge in [-0.3, -0.25) is 4.90 Å². The summed E-state index contributed by atoms with van der Waals surface area (Å²) in [6, 6.07) is 14.3. The molecule has 1 heterocycles. The number of hydrogen-bond acceptors (Lipinski definition) is 6. The van der Waals surface area contributed by atoms with Crippen molar-refractivity contribution in [1.29, 1.82) is 0 Å². The van der Waals surface area contributed by atoms with Gasteiger partial charge in [-0.2, -0.15) is 0 Å². The first-order valence-electron chi connectivity index (χ1n) is 11.7. The Morgan fingerprint density at radius 1 is 0.758 bits per heavy atom. The summed E-state index contributed by atoms with van der Waals surface area (Å²) >= 11 is 0. The summed E-state index contributed by atoms with van der Waals surface area (Å²) in [5, 5.41) is 12.2. The van der Waals surface area contributed by atoms with Crippen LogP contribution in [0.2, 0.25) is 0 Å². The van der Waals surface area contributed by atoms with E-state index in [-0.39, 0.29) is 16.9 Å². The van der Waals surface area contributed by atoms with Crippen LogP contribution in [0.4, 0.5) is 5.69 Å². The van der Waals surface area contributed by atoms with E-state index in [1.165, 1.54) is 5.69 Å². The maximum atomic E-state index is 12.2. The Labute approximate surface area is 198 Å². The highest BCUT2D eigenvalue weighted by molar-refractivity contribution is 5.50. The van der Waals surface area contributed by atoms with Crippen LogP contribution in [0.15, 0.2) is 42.5 Å². The predicted molar refractivity (Wildman–Crippen MR) is 132 cm³/mol. The number of anilines is 1. The quantitative estimate of drug-likeness (QED) is 0.708. The third kappa shape index (κ3) is 3.46. The van der Waals surface area contributed by atoms with Gasteiger partial charge in [-0.15, -0.1) is 0 Å². The second-order valence-corrected chi connectivity index (χ2v) is 10.3. The molecule has 0 aromatic heterocycles. The van der Waals surface area contributed by atoms with Gasteiger partial charge in [0.15, 0.2) is 11.5 Å². The van der Waals surface area contributed by atoms with Crippen molar-refractivity contribution in [3.05, 3.63) is 48.0 Å². The number of aliphatic hydroxyl groups is 1. The SMILES string of the molecule is COc1ccc(N2CCN(C3C(C)(C)C(O)(c4ccc(OC)c(OC)c4)C3(C)C)CC2)cc1. The fourth-order valence-electron chi connectivity index (χ4n) is 6.80. The van der Waals surface area contributed by atoms with Crippen molar-refractivity contribution in [2.75, 3.05) is 52.4 Å². The number of ether oxygens (including phenoxy) is 3. The van der Waals surface area contributed by atoms with E-state index >= 15 is 0 Å². The number of benzene rings is 2. The maximum Gasteiger partial charge on any atom is 0.161 e. The van der Waals surface area contributed by atoms with Crippen molar-refractivity contribution < 1.29 is 19.3 Å². The van der Waals surface area contributed by atoms with E-state index < -0.39 is 5.60 Å². The molecule has 2 aromatic carbocycles. The second-order valence-electron chi connectivity index (χ2n) is 10.3. The molecule has 2 aliphatic rings. The number of piperazine rings is 1. The fourth-order valence-corrected chi connectivity index (χ4v) is 6.80. The van der Waals surface area contributed by atoms with Gasteiger partial charge in [-0.05, 0) is 42.0 Å². The van der Waals surface area contributed by atoms with Gasteiger partial charge in [-0.1, -0.05) is 33.8 Å². The molecule has 0 atom stereocenters. The summed E-state index contributed by atoms with van der Waals surface area (Å²) in [4.78, 5) is 4.99. The average Bonchev–Trinajstić information content (AvgIpc) is 2.83. The molecule has 180 valence electrons. The third-order valence-electron chi connectivity index (χ3n) is 8.15. The lowest BCUT2D eigenvalue weighted by Crippen LogP contribution is -2.79. The molecular formula is C27H38N2O4. The van der Waals surface area contributed by atoms with Crippen LogP contribution in [-0.4, -0.2) is 63.6 Å². The number of hydrogen-bond donors (Lipinski definition) is 1. The smallest absolute Gasteiger partial charge is 0.161 e. The molecule has 1 aliphatic carbocycles. The zero-order chi connectivity index (χ0) is 24.0. The van der Waals surface area contributed by atoms with Gasteiger partial charge in [0.25, 0.3) is 0 Å². The zero-order valence-corrected chi connectivity index (χ0v) is 21.0. The Morgan fingerprint density at radius 3 is 1.85 bits per heavy atom. The number of methoxy groups -OCH3 is 3. The van der Waals surface area contributed by atoms with Gasteiger partial charge in [0.2, 0.25) is 0 Å². The van der Waals surface area contributed by atoms with Crippen LogP contribution in [0.5, 0.6) is 17.2 Å². The lowest BCUT2D eigenvalue weighted by atomic mass is 9.39. The predicted octanol–water partition coefficient (Wildman–Crippen LogP) is 4.16. The minimum Gasteiger partial charge on any atom is -0.497 e.